The topological polar surface area (TPSA) is 52.3 Å². The number of amides is 1. The maximum absolute atomic E-state index is 10.7. The number of hydrogen-bond donors (Lipinski definition) is 1. The van der Waals surface area contributed by atoms with E-state index < -0.39 is 12.0 Å². The van der Waals surface area contributed by atoms with Crippen molar-refractivity contribution in [3.8, 4) is 0 Å². The van der Waals surface area contributed by atoms with Gasteiger partial charge in [-0.25, -0.2) is 0 Å². The predicted octanol–water partition coefficient (Wildman–Crippen LogP) is 0.497. The minimum Gasteiger partial charge on any atom is -0.483 e. The van der Waals surface area contributed by atoms with Crippen molar-refractivity contribution in [1.29, 1.82) is 0 Å². The second kappa shape index (κ2) is 3.05. The van der Waals surface area contributed by atoms with Gasteiger partial charge in [0.2, 0.25) is 6.10 Å². The molecule has 0 saturated carbocycles. The summed E-state index contributed by atoms with van der Waals surface area (Å²) in [6.07, 6.45) is 5.75. The van der Waals surface area contributed by atoms with Crippen LogP contribution in [0.15, 0.2) is 36.6 Å². The van der Waals surface area contributed by atoms with E-state index in [1.54, 1.807) is 18.2 Å². The van der Waals surface area contributed by atoms with Crippen LogP contribution in [-0.4, -0.2) is 12.0 Å². The smallest absolute Gasteiger partial charge is 0.263 e. The summed E-state index contributed by atoms with van der Waals surface area (Å²) < 4.78 is 4.95. The average Bonchev–Trinajstić information content (AvgIpc) is 2.04. The van der Waals surface area contributed by atoms with Crippen molar-refractivity contribution in [2.75, 3.05) is 0 Å². The fourth-order valence-electron chi connectivity index (χ4n) is 0.847. The van der Waals surface area contributed by atoms with Crippen molar-refractivity contribution >= 4 is 5.91 Å². The molecule has 58 valence electrons. The van der Waals surface area contributed by atoms with Crippen molar-refractivity contribution in [2.45, 2.75) is 6.10 Å². The molecule has 1 amide bonds. The van der Waals surface area contributed by atoms with Gasteiger partial charge in [0.15, 0.2) is 0 Å². The number of nitrogens with two attached hydrogens (primary N) is 1. The van der Waals surface area contributed by atoms with Crippen LogP contribution in [0.5, 0.6) is 0 Å². The lowest BCUT2D eigenvalue weighted by Crippen LogP contribution is -2.31. The standard InChI is InChI=1S/C8H9NO2/c1-2-6-4-3-5-11-7(6)8(9)10/h2-5,7H,1H2,(H2,9,10). The molecule has 2 N–H and O–H groups in total. The molecule has 3 nitrogen and oxygen atoms in total. The van der Waals surface area contributed by atoms with Crippen LogP contribution >= 0.6 is 0 Å². The maximum atomic E-state index is 10.7. The van der Waals surface area contributed by atoms with Crippen molar-refractivity contribution in [1.82, 2.24) is 0 Å². The number of rotatable bonds is 2. The maximum Gasteiger partial charge on any atom is 0.263 e. The van der Waals surface area contributed by atoms with Gasteiger partial charge in [0.1, 0.15) is 0 Å². The molecule has 1 unspecified atom stereocenters. The van der Waals surface area contributed by atoms with Crippen LogP contribution in [0.2, 0.25) is 0 Å². The molecule has 0 fully saturated rings. The van der Waals surface area contributed by atoms with E-state index in [1.165, 1.54) is 6.26 Å². The molecule has 0 aromatic carbocycles. The quantitative estimate of drug-likeness (QED) is 0.624. The van der Waals surface area contributed by atoms with Crippen molar-refractivity contribution in [2.24, 2.45) is 5.73 Å². The molecule has 3 heteroatoms. The Hall–Kier alpha value is -1.51. The van der Waals surface area contributed by atoms with Gasteiger partial charge in [-0.1, -0.05) is 18.7 Å². The lowest BCUT2D eigenvalue weighted by molar-refractivity contribution is -0.124. The van der Waals surface area contributed by atoms with E-state index >= 15 is 0 Å². The number of carbonyl (C=O) groups is 1. The van der Waals surface area contributed by atoms with Crippen LogP contribution in [0, 0.1) is 0 Å². The number of hydrogen-bond acceptors (Lipinski definition) is 2. The molecule has 11 heavy (non-hydrogen) atoms. The van der Waals surface area contributed by atoms with Gasteiger partial charge in [-0.05, 0) is 6.08 Å². The van der Waals surface area contributed by atoms with Crippen molar-refractivity contribution in [3.05, 3.63) is 36.6 Å². The highest BCUT2D eigenvalue weighted by Crippen LogP contribution is 2.12. The van der Waals surface area contributed by atoms with Gasteiger partial charge in [-0.3, -0.25) is 4.79 Å². The summed E-state index contributed by atoms with van der Waals surface area (Å²) >= 11 is 0. The second-order valence-electron chi connectivity index (χ2n) is 2.12. The van der Waals surface area contributed by atoms with Crippen LogP contribution in [0.3, 0.4) is 0 Å². The minimum atomic E-state index is -0.669. The molecule has 0 bridgehead atoms. The number of primary amides is 1. The van der Waals surface area contributed by atoms with Gasteiger partial charge in [-0.2, -0.15) is 0 Å². The van der Waals surface area contributed by atoms with Crippen molar-refractivity contribution < 1.29 is 9.53 Å². The van der Waals surface area contributed by atoms with Crippen LogP contribution < -0.4 is 5.73 Å². The van der Waals surface area contributed by atoms with Gasteiger partial charge in [-0.15, -0.1) is 0 Å². The van der Waals surface area contributed by atoms with E-state index in [-0.39, 0.29) is 0 Å². The number of allylic oxidation sites excluding steroid dienone is 2. The van der Waals surface area contributed by atoms with Gasteiger partial charge in [0.05, 0.1) is 6.26 Å². The lowest BCUT2D eigenvalue weighted by Gasteiger charge is -2.16. The molecule has 0 aromatic rings. The zero-order valence-corrected chi connectivity index (χ0v) is 5.99. The third-order valence-corrected chi connectivity index (χ3v) is 1.38. The first-order chi connectivity index (χ1) is 5.25. The van der Waals surface area contributed by atoms with E-state index in [4.69, 9.17) is 10.5 Å². The molecule has 1 atom stereocenters. The number of ether oxygens (including phenoxy) is 1. The predicted molar refractivity (Wildman–Crippen MR) is 41.5 cm³/mol. The summed E-state index contributed by atoms with van der Waals surface area (Å²) in [6, 6.07) is 0. The Morgan fingerprint density at radius 3 is 3.00 bits per heavy atom. The molecular formula is C8H9NO2. The van der Waals surface area contributed by atoms with Crippen LogP contribution in [0.1, 0.15) is 0 Å². The molecule has 0 aliphatic carbocycles. The van der Waals surface area contributed by atoms with Gasteiger partial charge < -0.3 is 10.5 Å². The SMILES string of the molecule is C=CC1=CC=COC1C(N)=O. The molecule has 0 saturated heterocycles. The third kappa shape index (κ3) is 1.49. The summed E-state index contributed by atoms with van der Waals surface area (Å²) in [5.41, 5.74) is 5.74. The van der Waals surface area contributed by atoms with Gasteiger partial charge >= 0.3 is 0 Å². The van der Waals surface area contributed by atoms with Crippen LogP contribution in [-0.2, 0) is 9.53 Å². The normalized spacial score (nSPS) is 21.8. The van der Waals surface area contributed by atoms with Gasteiger partial charge in [0, 0.05) is 5.57 Å². The van der Waals surface area contributed by atoms with Crippen LogP contribution in [0.4, 0.5) is 0 Å². The summed E-state index contributed by atoms with van der Waals surface area (Å²) in [6.45, 7) is 3.53. The highest BCUT2D eigenvalue weighted by atomic mass is 16.5. The zero-order valence-electron chi connectivity index (χ0n) is 5.99. The largest absolute Gasteiger partial charge is 0.483 e. The first kappa shape index (κ1) is 7.60. The molecule has 0 radical (unpaired) electrons. The molecule has 0 spiro atoms. The molecule has 0 aromatic heterocycles. The Labute approximate surface area is 64.8 Å². The summed E-state index contributed by atoms with van der Waals surface area (Å²) in [7, 11) is 0. The average molecular weight is 151 g/mol. The van der Waals surface area contributed by atoms with E-state index in [9.17, 15) is 4.79 Å². The molecule has 1 rings (SSSR count). The summed E-state index contributed by atoms with van der Waals surface area (Å²) in [5.74, 6) is -0.500. The second-order valence-corrected chi connectivity index (χ2v) is 2.12. The molecule has 1 aliphatic heterocycles. The van der Waals surface area contributed by atoms with E-state index in [0.717, 1.165) is 0 Å². The lowest BCUT2D eigenvalue weighted by atomic mass is 10.1. The van der Waals surface area contributed by atoms with Crippen LogP contribution in [0.25, 0.3) is 0 Å². The first-order valence-corrected chi connectivity index (χ1v) is 3.19. The zero-order chi connectivity index (χ0) is 8.27. The molecular weight excluding hydrogens is 142 g/mol. The fraction of sp³-hybridized carbons (Fsp3) is 0.125. The Balaban J connectivity index is 2.83. The summed E-state index contributed by atoms with van der Waals surface area (Å²) in [4.78, 5) is 10.7. The highest BCUT2D eigenvalue weighted by molar-refractivity contribution is 5.83. The summed E-state index contributed by atoms with van der Waals surface area (Å²) in [5, 5.41) is 0. The Morgan fingerprint density at radius 2 is 2.55 bits per heavy atom. The Kier molecular flexibility index (Phi) is 2.11. The molecule has 1 aliphatic rings. The molecule has 1 heterocycles. The Bertz CT molecular complexity index is 240. The Morgan fingerprint density at radius 1 is 1.82 bits per heavy atom. The number of carbonyl (C=O) groups excluding carboxylic acids is 1. The highest BCUT2D eigenvalue weighted by Gasteiger charge is 2.19. The van der Waals surface area contributed by atoms with E-state index in [2.05, 4.69) is 6.58 Å². The fourth-order valence-corrected chi connectivity index (χ4v) is 0.847. The van der Waals surface area contributed by atoms with E-state index in [0.29, 0.717) is 5.57 Å². The van der Waals surface area contributed by atoms with Gasteiger partial charge in [0.25, 0.3) is 5.91 Å². The third-order valence-electron chi connectivity index (χ3n) is 1.38. The first-order valence-electron chi connectivity index (χ1n) is 3.19. The van der Waals surface area contributed by atoms with Crippen molar-refractivity contribution in [3.63, 3.8) is 0 Å². The monoisotopic (exact) mass is 151 g/mol. The minimum absolute atomic E-state index is 0.500. The van der Waals surface area contributed by atoms with E-state index in [1.807, 2.05) is 0 Å².